The number of carbonyl (C=O) groups is 2. The number of amides is 1. The van der Waals surface area contributed by atoms with Gasteiger partial charge in [-0.2, -0.15) is 5.10 Å². The number of halogens is 1. The van der Waals surface area contributed by atoms with Gasteiger partial charge in [-0.3, -0.25) is 4.79 Å². The Balaban J connectivity index is 1.35. The molecule has 0 aliphatic heterocycles. The highest BCUT2D eigenvalue weighted by molar-refractivity contribution is 6.30. The average molecular weight is 473 g/mol. The minimum absolute atomic E-state index is 0.350. The van der Waals surface area contributed by atoms with Crippen LogP contribution < -0.4 is 14.9 Å². The SMILES string of the molecule is CC(Oc1cccc2ccccc12)C(=O)N/N=C/c1cccc(OC(=O)c2ccc(Cl)cc2)c1. The van der Waals surface area contributed by atoms with Crippen molar-refractivity contribution in [3.8, 4) is 11.5 Å². The van der Waals surface area contributed by atoms with Crippen molar-refractivity contribution in [1.29, 1.82) is 0 Å². The number of hydrogen-bond donors (Lipinski definition) is 1. The molecule has 0 saturated carbocycles. The van der Waals surface area contributed by atoms with Crippen molar-refractivity contribution in [3.05, 3.63) is 107 Å². The molecule has 0 spiro atoms. The first kappa shape index (κ1) is 23.0. The van der Waals surface area contributed by atoms with Crippen LogP contribution in [-0.2, 0) is 4.79 Å². The fraction of sp³-hybridized carbons (Fsp3) is 0.0741. The molecule has 0 bridgehead atoms. The molecule has 0 aliphatic rings. The molecule has 1 N–H and O–H groups in total. The molecule has 0 aliphatic carbocycles. The quantitative estimate of drug-likeness (QED) is 0.164. The third kappa shape index (κ3) is 5.79. The second-order valence-corrected chi connectivity index (χ2v) is 7.88. The number of nitrogens with one attached hydrogen (secondary N) is 1. The van der Waals surface area contributed by atoms with Crippen LogP contribution in [0, 0.1) is 0 Å². The Hall–Kier alpha value is -4.16. The Morgan fingerprint density at radius 3 is 2.50 bits per heavy atom. The summed E-state index contributed by atoms with van der Waals surface area (Å²) in [7, 11) is 0. The predicted octanol–water partition coefficient (Wildman–Crippen LogP) is 5.63. The molecule has 0 saturated heterocycles. The molecule has 6 nitrogen and oxygen atoms in total. The molecular formula is C27H21ClN2O4. The van der Waals surface area contributed by atoms with Crippen molar-refractivity contribution in [2.75, 3.05) is 0 Å². The van der Waals surface area contributed by atoms with Crippen molar-refractivity contribution < 1.29 is 19.1 Å². The van der Waals surface area contributed by atoms with E-state index in [9.17, 15) is 9.59 Å². The van der Waals surface area contributed by atoms with Crippen LogP contribution in [0.15, 0.2) is 96.1 Å². The number of benzene rings is 4. The Morgan fingerprint density at radius 2 is 1.68 bits per heavy atom. The molecule has 4 aromatic rings. The molecule has 0 radical (unpaired) electrons. The van der Waals surface area contributed by atoms with Crippen LogP contribution >= 0.6 is 11.6 Å². The summed E-state index contributed by atoms with van der Waals surface area (Å²) < 4.78 is 11.2. The second-order valence-electron chi connectivity index (χ2n) is 7.44. The fourth-order valence-corrected chi connectivity index (χ4v) is 3.34. The van der Waals surface area contributed by atoms with Gasteiger partial charge < -0.3 is 9.47 Å². The van der Waals surface area contributed by atoms with Gasteiger partial charge in [0.15, 0.2) is 6.10 Å². The van der Waals surface area contributed by atoms with E-state index in [1.165, 1.54) is 6.21 Å². The normalized spacial score (nSPS) is 11.8. The molecule has 0 aromatic heterocycles. The van der Waals surface area contributed by atoms with Gasteiger partial charge in [-0.1, -0.05) is 60.1 Å². The summed E-state index contributed by atoms with van der Waals surface area (Å²) >= 11 is 5.85. The number of nitrogens with zero attached hydrogens (tertiary/aromatic N) is 1. The highest BCUT2D eigenvalue weighted by Gasteiger charge is 2.15. The first-order chi connectivity index (χ1) is 16.5. The third-order valence-corrected chi connectivity index (χ3v) is 5.21. The smallest absolute Gasteiger partial charge is 0.343 e. The summed E-state index contributed by atoms with van der Waals surface area (Å²) in [5.41, 5.74) is 3.50. The maximum atomic E-state index is 12.4. The number of esters is 1. The maximum Gasteiger partial charge on any atom is 0.343 e. The zero-order valence-corrected chi connectivity index (χ0v) is 19.0. The standard InChI is InChI=1S/C27H21ClN2O4/c1-18(33-25-11-5-8-20-7-2-3-10-24(20)25)26(31)30-29-17-19-6-4-9-23(16-19)34-27(32)21-12-14-22(28)15-13-21/h2-18H,1H3,(H,30,31)/b29-17+. The van der Waals surface area contributed by atoms with Crippen LogP contribution in [0.1, 0.15) is 22.8 Å². The molecule has 1 unspecified atom stereocenters. The minimum atomic E-state index is -0.755. The van der Waals surface area contributed by atoms with Crippen LogP contribution in [0.5, 0.6) is 11.5 Å². The Labute approximate surface area is 201 Å². The van der Waals surface area contributed by atoms with E-state index >= 15 is 0 Å². The summed E-state index contributed by atoms with van der Waals surface area (Å²) in [6, 6.07) is 26.7. The van der Waals surface area contributed by atoms with Gasteiger partial charge >= 0.3 is 5.97 Å². The van der Waals surface area contributed by atoms with E-state index in [0.29, 0.717) is 27.6 Å². The van der Waals surface area contributed by atoms with E-state index in [1.54, 1.807) is 55.5 Å². The number of ether oxygens (including phenoxy) is 2. The largest absolute Gasteiger partial charge is 0.480 e. The van der Waals surface area contributed by atoms with Gasteiger partial charge in [-0.25, -0.2) is 10.2 Å². The zero-order chi connectivity index (χ0) is 23.9. The van der Waals surface area contributed by atoms with Crippen LogP contribution in [0.2, 0.25) is 5.02 Å². The van der Waals surface area contributed by atoms with Gasteiger partial charge in [0.05, 0.1) is 11.8 Å². The minimum Gasteiger partial charge on any atom is -0.480 e. The van der Waals surface area contributed by atoms with Crippen molar-refractivity contribution in [1.82, 2.24) is 5.43 Å². The van der Waals surface area contributed by atoms with Gasteiger partial charge in [0, 0.05) is 10.4 Å². The van der Waals surface area contributed by atoms with Crippen LogP contribution in [-0.4, -0.2) is 24.2 Å². The lowest BCUT2D eigenvalue weighted by atomic mass is 10.1. The van der Waals surface area contributed by atoms with E-state index < -0.39 is 18.0 Å². The molecule has 1 amide bonds. The lowest BCUT2D eigenvalue weighted by Crippen LogP contribution is -2.33. The number of fused-ring (bicyclic) bond motifs is 1. The van der Waals surface area contributed by atoms with E-state index in [0.717, 1.165) is 10.8 Å². The topological polar surface area (TPSA) is 77.0 Å². The second kappa shape index (κ2) is 10.6. The molecule has 0 fully saturated rings. The van der Waals surface area contributed by atoms with Gasteiger partial charge in [0.2, 0.25) is 0 Å². The van der Waals surface area contributed by atoms with Crippen molar-refractivity contribution in [2.45, 2.75) is 13.0 Å². The van der Waals surface area contributed by atoms with E-state index in [4.69, 9.17) is 21.1 Å². The summed E-state index contributed by atoms with van der Waals surface area (Å²) in [6.07, 6.45) is 0.705. The van der Waals surface area contributed by atoms with Gasteiger partial charge in [-0.05, 0) is 60.3 Å². The third-order valence-electron chi connectivity index (χ3n) is 4.96. The fourth-order valence-electron chi connectivity index (χ4n) is 3.21. The monoisotopic (exact) mass is 472 g/mol. The molecule has 1 atom stereocenters. The van der Waals surface area contributed by atoms with Crippen LogP contribution in [0.3, 0.4) is 0 Å². The van der Waals surface area contributed by atoms with E-state index in [2.05, 4.69) is 10.5 Å². The molecule has 4 aromatic carbocycles. The summed E-state index contributed by atoms with van der Waals surface area (Å²) in [5.74, 6) is 0.0794. The number of hydrogen-bond acceptors (Lipinski definition) is 5. The van der Waals surface area contributed by atoms with Gasteiger partial charge in [0.25, 0.3) is 5.91 Å². The van der Waals surface area contributed by atoms with Crippen molar-refractivity contribution >= 4 is 40.5 Å². The van der Waals surface area contributed by atoms with Crippen LogP contribution in [0.4, 0.5) is 0 Å². The predicted molar refractivity (Wildman–Crippen MR) is 133 cm³/mol. The Morgan fingerprint density at radius 1 is 0.941 bits per heavy atom. The molecule has 0 heterocycles. The van der Waals surface area contributed by atoms with E-state index in [-0.39, 0.29) is 0 Å². The molecule has 34 heavy (non-hydrogen) atoms. The van der Waals surface area contributed by atoms with Crippen molar-refractivity contribution in [3.63, 3.8) is 0 Å². The summed E-state index contributed by atoms with van der Waals surface area (Å²) in [4.78, 5) is 24.7. The molecule has 170 valence electrons. The van der Waals surface area contributed by atoms with E-state index in [1.807, 2.05) is 42.5 Å². The highest BCUT2D eigenvalue weighted by atomic mass is 35.5. The Bertz CT molecular complexity index is 1350. The first-order valence-corrected chi connectivity index (χ1v) is 10.9. The number of hydrazone groups is 1. The first-order valence-electron chi connectivity index (χ1n) is 10.5. The molecule has 4 rings (SSSR count). The number of carbonyl (C=O) groups excluding carboxylic acids is 2. The lowest BCUT2D eigenvalue weighted by molar-refractivity contribution is -0.127. The summed E-state index contributed by atoms with van der Waals surface area (Å²) in [6.45, 7) is 1.66. The van der Waals surface area contributed by atoms with Crippen molar-refractivity contribution in [2.24, 2.45) is 5.10 Å². The average Bonchev–Trinajstić information content (AvgIpc) is 2.85. The molecule has 7 heteroatoms. The molecular weight excluding hydrogens is 452 g/mol. The highest BCUT2D eigenvalue weighted by Crippen LogP contribution is 2.26. The Kier molecular flexibility index (Phi) is 7.20. The maximum absolute atomic E-state index is 12.4. The summed E-state index contributed by atoms with van der Waals surface area (Å²) in [5, 5.41) is 6.49. The zero-order valence-electron chi connectivity index (χ0n) is 18.3. The van der Waals surface area contributed by atoms with Gasteiger partial charge in [0.1, 0.15) is 11.5 Å². The number of rotatable bonds is 7. The lowest BCUT2D eigenvalue weighted by Gasteiger charge is -2.14. The van der Waals surface area contributed by atoms with Gasteiger partial charge in [-0.15, -0.1) is 0 Å². The van der Waals surface area contributed by atoms with Crippen LogP contribution in [0.25, 0.3) is 10.8 Å².